The van der Waals surface area contributed by atoms with Crippen molar-refractivity contribution in [1.29, 1.82) is 0 Å². The Bertz CT molecular complexity index is 2810. The molecule has 0 saturated heterocycles. The van der Waals surface area contributed by atoms with Gasteiger partial charge in [0.2, 0.25) is 0 Å². The fraction of sp³-hybridized carbons (Fsp3) is 0.0612. The number of rotatable bonds is 2. The van der Waals surface area contributed by atoms with Gasteiger partial charge in [0.25, 0.3) is 6.71 Å². The van der Waals surface area contributed by atoms with Gasteiger partial charge in [-0.15, -0.1) is 0 Å². The van der Waals surface area contributed by atoms with Gasteiger partial charge in [0, 0.05) is 46.4 Å². The van der Waals surface area contributed by atoms with Crippen LogP contribution in [0.5, 0.6) is 0 Å². The van der Waals surface area contributed by atoms with Crippen molar-refractivity contribution >= 4 is 104 Å². The summed E-state index contributed by atoms with van der Waals surface area (Å²) in [6.07, 6.45) is 5.78. The standard InChI is InChI=1S/C49H32BN3S3/c1-29-20-25-38-46(26-29)56-41-15-5-2-12-35(41)51(38)32-23-21-30(22-24-32)31-27-39-47-40(28-31)53-37-14-4-7-17-43(37)55-45-19-9-11-34(49(45)53)50(47)33-10-8-18-44-48(33)52(39)36-13-3-6-16-42(36)54-44/h2-25,27-29H,26H2,1H3. The van der Waals surface area contributed by atoms with Gasteiger partial charge in [-0.2, -0.15) is 0 Å². The molecule has 7 heteroatoms. The first-order valence-electron chi connectivity index (χ1n) is 19.3. The van der Waals surface area contributed by atoms with Crippen LogP contribution < -0.4 is 31.1 Å². The number of benzene rings is 7. The molecule has 1 unspecified atom stereocenters. The van der Waals surface area contributed by atoms with Crippen LogP contribution in [0.1, 0.15) is 13.3 Å². The number of allylic oxidation sites excluding steroid dienone is 3. The molecule has 7 aromatic rings. The largest absolute Gasteiger partial charge is 0.309 e. The van der Waals surface area contributed by atoms with E-state index in [2.05, 4.69) is 179 Å². The van der Waals surface area contributed by atoms with E-state index in [4.69, 9.17) is 0 Å². The molecule has 6 aliphatic rings. The smallest absolute Gasteiger partial charge is 0.252 e. The summed E-state index contributed by atoms with van der Waals surface area (Å²) in [5.74, 6) is 0.544. The summed E-state index contributed by atoms with van der Waals surface area (Å²) in [4.78, 5) is 15.6. The number of hydrogen-bond donors (Lipinski definition) is 0. The van der Waals surface area contributed by atoms with Crippen molar-refractivity contribution < 1.29 is 0 Å². The molecule has 1 atom stereocenters. The molecule has 0 radical (unpaired) electrons. The average molecular weight is 770 g/mol. The van der Waals surface area contributed by atoms with Crippen LogP contribution in [0.4, 0.5) is 45.5 Å². The van der Waals surface area contributed by atoms with Crippen molar-refractivity contribution in [2.45, 2.75) is 37.8 Å². The molecule has 5 aliphatic heterocycles. The van der Waals surface area contributed by atoms with Gasteiger partial charge < -0.3 is 14.7 Å². The SMILES string of the molecule is CC1C=CC2=C(C1)Sc1ccccc1N2c1ccc(-c2cc3c4c(c2)N2c5ccccc5Sc5cccc(c52)B4c2cccc4c2N3c2ccccc2S4)cc1. The highest BCUT2D eigenvalue weighted by Gasteiger charge is 2.47. The molecule has 264 valence electrons. The van der Waals surface area contributed by atoms with Crippen LogP contribution in [0, 0.1) is 5.92 Å². The molecule has 7 aromatic carbocycles. The summed E-state index contributed by atoms with van der Waals surface area (Å²) < 4.78 is 0. The van der Waals surface area contributed by atoms with E-state index >= 15 is 0 Å². The summed E-state index contributed by atoms with van der Waals surface area (Å²) in [6.45, 7) is 2.44. The van der Waals surface area contributed by atoms with E-state index < -0.39 is 0 Å². The Morgan fingerprint density at radius 2 is 1.02 bits per heavy atom. The zero-order valence-corrected chi connectivity index (χ0v) is 32.9. The van der Waals surface area contributed by atoms with Crippen molar-refractivity contribution in [1.82, 2.24) is 0 Å². The van der Waals surface area contributed by atoms with Crippen molar-refractivity contribution in [3.8, 4) is 11.1 Å². The third-order valence-corrected chi connectivity index (χ3v) is 15.5. The molecular formula is C49H32BN3S3. The Hall–Kier alpha value is -5.47. The first kappa shape index (κ1) is 31.7. The summed E-state index contributed by atoms with van der Waals surface area (Å²) >= 11 is 5.73. The molecule has 13 rings (SSSR count). The Labute approximate surface area is 339 Å². The lowest BCUT2D eigenvalue weighted by Crippen LogP contribution is -2.62. The lowest BCUT2D eigenvalue weighted by molar-refractivity contribution is 0.719. The monoisotopic (exact) mass is 769 g/mol. The van der Waals surface area contributed by atoms with Gasteiger partial charge >= 0.3 is 0 Å². The maximum absolute atomic E-state index is 2.58. The van der Waals surface area contributed by atoms with E-state index in [0.29, 0.717) is 5.92 Å². The minimum absolute atomic E-state index is 0.122. The third kappa shape index (κ3) is 4.36. The van der Waals surface area contributed by atoms with Crippen LogP contribution in [0.25, 0.3) is 11.1 Å². The molecule has 0 amide bonds. The van der Waals surface area contributed by atoms with Gasteiger partial charge in [-0.1, -0.05) is 121 Å². The predicted molar refractivity (Wildman–Crippen MR) is 239 cm³/mol. The van der Waals surface area contributed by atoms with E-state index in [1.807, 2.05) is 35.3 Å². The number of fused-ring (bicyclic) bond motifs is 9. The fourth-order valence-corrected chi connectivity index (χ4v) is 13.2. The highest BCUT2D eigenvalue weighted by Crippen LogP contribution is 2.57. The summed E-state index contributed by atoms with van der Waals surface area (Å²) in [5, 5.41) is 0. The fourth-order valence-electron chi connectivity index (χ4n) is 9.73. The second-order valence-electron chi connectivity index (χ2n) is 15.4. The molecule has 0 saturated carbocycles. The minimum Gasteiger partial charge on any atom is -0.309 e. The van der Waals surface area contributed by atoms with Crippen LogP contribution in [0.2, 0.25) is 0 Å². The summed E-state index contributed by atoms with van der Waals surface area (Å²) in [6, 6.07) is 54.9. The quantitative estimate of drug-likeness (QED) is 0.161. The zero-order valence-electron chi connectivity index (χ0n) is 30.4. The first-order valence-corrected chi connectivity index (χ1v) is 21.8. The lowest BCUT2D eigenvalue weighted by Gasteiger charge is -2.47. The maximum Gasteiger partial charge on any atom is 0.252 e. The first-order chi connectivity index (χ1) is 27.7. The second kappa shape index (κ2) is 11.8. The van der Waals surface area contributed by atoms with E-state index in [-0.39, 0.29) is 6.71 Å². The van der Waals surface area contributed by atoms with E-state index in [0.717, 1.165) is 6.42 Å². The molecular weight excluding hydrogens is 738 g/mol. The number of hydrogen-bond acceptors (Lipinski definition) is 6. The van der Waals surface area contributed by atoms with Gasteiger partial charge in [-0.3, -0.25) is 0 Å². The number of thioether (sulfide) groups is 1. The van der Waals surface area contributed by atoms with Crippen molar-refractivity contribution in [3.05, 3.63) is 168 Å². The molecule has 0 spiro atoms. The molecule has 56 heavy (non-hydrogen) atoms. The molecule has 0 fully saturated rings. The van der Waals surface area contributed by atoms with Crippen LogP contribution >= 0.6 is 35.3 Å². The Morgan fingerprint density at radius 1 is 0.500 bits per heavy atom. The second-order valence-corrected chi connectivity index (χ2v) is 18.7. The molecule has 3 nitrogen and oxygen atoms in total. The highest BCUT2D eigenvalue weighted by molar-refractivity contribution is 8.03. The number of nitrogens with zero attached hydrogens (tertiary/aromatic N) is 3. The van der Waals surface area contributed by atoms with Crippen LogP contribution in [-0.2, 0) is 0 Å². The topological polar surface area (TPSA) is 9.72 Å². The Balaban J connectivity index is 1.04. The van der Waals surface area contributed by atoms with Gasteiger partial charge in [0.05, 0.1) is 34.1 Å². The van der Waals surface area contributed by atoms with Crippen LogP contribution in [0.15, 0.2) is 193 Å². The zero-order chi connectivity index (χ0) is 36.6. The Kier molecular flexibility index (Phi) is 6.67. The molecule has 1 aliphatic carbocycles. The normalized spacial score (nSPS) is 17.3. The van der Waals surface area contributed by atoms with Gasteiger partial charge in [0.15, 0.2) is 0 Å². The summed E-state index contributed by atoms with van der Waals surface area (Å²) in [5.41, 5.74) is 18.0. The molecule has 0 bridgehead atoms. The Morgan fingerprint density at radius 3 is 1.61 bits per heavy atom. The van der Waals surface area contributed by atoms with Gasteiger partial charge in [-0.25, -0.2) is 0 Å². The average Bonchev–Trinajstić information content (AvgIpc) is 3.24. The number of para-hydroxylation sites is 5. The summed E-state index contributed by atoms with van der Waals surface area (Å²) in [7, 11) is 0. The van der Waals surface area contributed by atoms with E-state index in [1.165, 1.54) is 108 Å². The lowest BCUT2D eigenvalue weighted by atomic mass is 9.33. The van der Waals surface area contributed by atoms with Gasteiger partial charge in [-0.05, 0) is 119 Å². The van der Waals surface area contributed by atoms with Crippen molar-refractivity contribution in [3.63, 3.8) is 0 Å². The van der Waals surface area contributed by atoms with E-state index in [1.54, 1.807) is 0 Å². The van der Waals surface area contributed by atoms with Crippen LogP contribution in [0.3, 0.4) is 0 Å². The molecule has 5 heterocycles. The predicted octanol–water partition coefficient (Wildman–Crippen LogP) is 12.4. The maximum atomic E-state index is 2.58. The van der Waals surface area contributed by atoms with Crippen LogP contribution in [-0.4, -0.2) is 6.71 Å². The van der Waals surface area contributed by atoms with Gasteiger partial charge in [0.1, 0.15) is 0 Å². The molecule has 0 N–H and O–H groups in total. The third-order valence-electron chi connectivity index (χ3n) is 12.1. The number of anilines is 8. The van der Waals surface area contributed by atoms with Crippen molar-refractivity contribution in [2.75, 3.05) is 14.7 Å². The highest BCUT2D eigenvalue weighted by atomic mass is 32.2. The van der Waals surface area contributed by atoms with E-state index in [9.17, 15) is 0 Å². The minimum atomic E-state index is 0.122. The van der Waals surface area contributed by atoms with Crippen molar-refractivity contribution in [2.24, 2.45) is 5.92 Å². The molecule has 0 aromatic heterocycles.